The van der Waals surface area contributed by atoms with E-state index in [2.05, 4.69) is 44.0 Å². The highest BCUT2D eigenvalue weighted by Crippen LogP contribution is 2.28. The molecule has 4 aromatic heterocycles. The van der Waals surface area contributed by atoms with E-state index in [1.165, 1.54) is 12.3 Å². The van der Waals surface area contributed by atoms with Gasteiger partial charge in [0.2, 0.25) is 0 Å². The number of anilines is 1. The SMILES string of the molecule is CC(C)N1CCC(c2nc(C(=O)Nc3cc4cc(-c5cncc(F)c5)ncc4cn3)co2)CC1. The van der Waals surface area contributed by atoms with Crippen LogP contribution in [0.3, 0.4) is 0 Å². The van der Waals surface area contributed by atoms with Gasteiger partial charge < -0.3 is 14.6 Å². The molecular formula is C25H25FN6O2. The van der Waals surface area contributed by atoms with Gasteiger partial charge in [0.05, 0.1) is 11.9 Å². The van der Waals surface area contributed by atoms with Crippen LogP contribution in [0, 0.1) is 5.82 Å². The molecule has 9 heteroatoms. The Morgan fingerprint density at radius 2 is 1.88 bits per heavy atom. The molecule has 0 spiro atoms. The predicted molar refractivity (Wildman–Crippen MR) is 126 cm³/mol. The van der Waals surface area contributed by atoms with Crippen LogP contribution in [0.2, 0.25) is 0 Å². The van der Waals surface area contributed by atoms with Crippen molar-refractivity contribution in [1.29, 1.82) is 0 Å². The third-order valence-corrected chi connectivity index (χ3v) is 6.21. The van der Waals surface area contributed by atoms with Crippen molar-refractivity contribution in [2.24, 2.45) is 0 Å². The summed E-state index contributed by atoms with van der Waals surface area (Å²) in [6.45, 7) is 6.39. The van der Waals surface area contributed by atoms with Gasteiger partial charge in [0, 0.05) is 41.5 Å². The highest BCUT2D eigenvalue weighted by atomic mass is 19.1. The topological polar surface area (TPSA) is 97.0 Å². The van der Waals surface area contributed by atoms with E-state index < -0.39 is 5.82 Å². The van der Waals surface area contributed by atoms with E-state index in [-0.39, 0.29) is 17.5 Å². The Hall–Kier alpha value is -3.72. The fraction of sp³-hybridized carbons (Fsp3) is 0.320. The van der Waals surface area contributed by atoms with Crippen LogP contribution >= 0.6 is 0 Å². The van der Waals surface area contributed by atoms with Crippen LogP contribution in [-0.4, -0.2) is 49.9 Å². The molecule has 4 aromatic rings. The third kappa shape index (κ3) is 4.65. The molecule has 1 saturated heterocycles. The van der Waals surface area contributed by atoms with E-state index in [4.69, 9.17) is 4.42 Å². The number of carbonyl (C=O) groups excluding carboxylic acids is 1. The zero-order valence-electron chi connectivity index (χ0n) is 19.0. The van der Waals surface area contributed by atoms with Crippen LogP contribution in [-0.2, 0) is 0 Å². The van der Waals surface area contributed by atoms with Crippen molar-refractivity contribution in [3.05, 3.63) is 66.7 Å². The summed E-state index contributed by atoms with van der Waals surface area (Å²) in [5.74, 6) is 0.393. The standard InChI is InChI=1S/C25H25FN6O2/c1-15(2)32-5-3-16(4-6-32)25-30-22(14-34-25)24(33)31-23-9-17-8-21(28-11-19(17)12-29-23)18-7-20(26)13-27-10-18/h7-16H,3-6H2,1-2H3,(H,29,31,33). The molecule has 1 aliphatic heterocycles. The van der Waals surface area contributed by atoms with E-state index in [0.717, 1.165) is 42.9 Å². The fourth-order valence-corrected chi connectivity index (χ4v) is 4.24. The number of pyridine rings is 3. The highest BCUT2D eigenvalue weighted by Gasteiger charge is 2.26. The van der Waals surface area contributed by atoms with Crippen molar-refractivity contribution in [2.45, 2.75) is 38.6 Å². The van der Waals surface area contributed by atoms with Crippen molar-refractivity contribution < 1.29 is 13.6 Å². The molecule has 0 aromatic carbocycles. The summed E-state index contributed by atoms with van der Waals surface area (Å²) in [5, 5.41) is 4.38. The minimum atomic E-state index is -0.431. The largest absolute Gasteiger partial charge is 0.448 e. The summed E-state index contributed by atoms with van der Waals surface area (Å²) < 4.78 is 19.2. The van der Waals surface area contributed by atoms with Gasteiger partial charge in [0.1, 0.15) is 17.9 Å². The molecule has 0 unspecified atom stereocenters. The summed E-state index contributed by atoms with van der Waals surface area (Å²) in [5.41, 5.74) is 1.37. The van der Waals surface area contributed by atoms with Crippen LogP contribution in [0.15, 0.2) is 53.7 Å². The first-order valence-electron chi connectivity index (χ1n) is 11.3. The first kappa shape index (κ1) is 22.1. The Balaban J connectivity index is 1.30. The number of likely N-dealkylation sites (tertiary alicyclic amines) is 1. The van der Waals surface area contributed by atoms with Crippen LogP contribution in [0.1, 0.15) is 49.0 Å². The number of nitrogens with one attached hydrogen (secondary N) is 1. The normalized spacial score (nSPS) is 15.2. The monoisotopic (exact) mass is 460 g/mol. The van der Waals surface area contributed by atoms with Gasteiger partial charge in [0.15, 0.2) is 11.6 Å². The van der Waals surface area contributed by atoms with Gasteiger partial charge in [-0.15, -0.1) is 0 Å². The van der Waals surface area contributed by atoms with Crippen molar-refractivity contribution >= 4 is 22.5 Å². The second-order valence-corrected chi connectivity index (χ2v) is 8.81. The lowest BCUT2D eigenvalue weighted by atomic mass is 9.96. The molecule has 0 saturated carbocycles. The molecule has 174 valence electrons. The van der Waals surface area contributed by atoms with Gasteiger partial charge in [-0.25, -0.2) is 14.4 Å². The average molecular weight is 461 g/mol. The fourth-order valence-electron chi connectivity index (χ4n) is 4.24. The second kappa shape index (κ2) is 9.26. The Morgan fingerprint density at radius 1 is 1.09 bits per heavy atom. The van der Waals surface area contributed by atoms with Gasteiger partial charge in [0.25, 0.3) is 5.91 Å². The lowest BCUT2D eigenvalue weighted by Gasteiger charge is -2.33. The van der Waals surface area contributed by atoms with Crippen LogP contribution in [0.25, 0.3) is 22.0 Å². The van der Waals surface area contributed by atoms with Crippen molar-refractivity contribution in [2.75, 3.05) is 18.4 Å². The lowest BCUT2D eigenvalue weighted by molar-refractivity contribution is 0.102. The molecule has 0 bridgehead atoms. The summed E-state index contributed by atoms with van der Waals surface area (Å²) in [4.78, 5) is 32.2. The number of fused-ring (bicyclic) bond motifs is 1. The zero-order chi connectivity index (χ0) is 23.7. The zero-order valence-corrected chi connectivity index (χ0v) is 19.0. The van der Waals surface area contributed by atoms with Crippen LogP contribution < -0.4 is 5.32 Å². The maximum Gasteiger partial charge on any atom is 0.278 e. The number of halogens is 1. The summed E-state index contributed by atoms with van der Waals surface area (Å²) in [6.07, 6.45) is 9.30. The molecule has 8 nitrogen and oxygen atoms in total. The van der Waals surface area contributed by atoms with Crippen LogP contribution in [0.4, 0.5) is 10.2 Å². The van der Waals surface area contributed by atoms with Crippen molar-refractivity contribution in [3.63, 3.8) is 0 Å². The number of piperidine rings is 1. The molecule has 1 aliphatic rings. The Morgan fingerprint density at radius 3 is 2.65 bits per heavy atom. The number of hydrogen-bond acceptors (Lipinski definition) is 7. The highest BCUT2D eigenvalue weighted by molar-refractivity contribution is 6.03. The quantitative estimate of drug-likeness (QED) is 0.463. The summed E-state index contributed by atoms with van der Waals surface area (Å²) in [6, 6.07) is 5.45. The maximum absolute atomic E-state index is 13.5. The van der Waals surface area contributed by atoms with Crippen molar-refractivity contribution in [1.82, 2.24) is 24.8 Å². The summed E-state index contributed by atoms with van der Waals surface area (Å²) >= 11 is 0. The minimum absolute atomic E-state index is 0.221. The molecule has 0 aliphatic carbocycles. The van der Waals surface area contributed by atoms with Crippen LogP contribution in [0.5, 0.6) is 0 Å². The van der Waals surface area contributed by atoms with E-state index >= 15 is 0 Å². The van der Waals surface area contributed by atoms with Gasteiger partial charge in [-0.1, -0.05) is 0 Å². The molecule has 1 amide bonds. The molecule has 5 rings (SSSR count). The number of hydrogen-bond donors (Lipinski definition) is 1. The molecule has 5 heterocycles. The van der Waals surface area contributed by atoms with Gasteiger partial charge in [-0.3, -0.25) is 14.8 Å². The predicted octanol–water partition coefficient (Wildman–Crippen LogP) is 4.66. The third-order valence-electron chi connectivity index (χ3n) is 6.21. The molecule has 1 fully saturated rings. The number of nitrogens with zero attached hydrogens (tertiary/aromatic N) is 5. The Labute approximate surface area is 196 Å². The molecular weight excluding hydrogens is 435 g/mol. The van der Waals surface area contributed by atoms with Gasteiger partial charge in [-0.05, 0) is 63.4 Å². The van der Waals surface area contributed by atoms with E-state index in [9.17, 15) is 9.18 Å². The van der Waals surface area contributed by atoms with Gasteiger partial charge >= 0.3 is 0 Å². The number of aromatic nitrogens is 4. The molecule has 1 N–H and O–H groups in total. The average Bonchev–Trinajstić information content (AvgIpc) is 3.34. The number of oxazole rings is 1. The molecule has 0 atom stereocenters. The van der Waals surface area contributed by atoms with E-state index in [1.54, 1.807) is 30.7 Å². The number of amides is 1. The van der Waals surface area contributed by atoms with E-state index in [1.807, 2.05) is 0 Å². The first-order valence-corrected chi connectivity index (χ1v) is 11.3. The first-order chi connectivity index (χ1) is 16.5. The molecule has 34 heavy (non-hydrogen) atoms. The second-order valence-electron chi connectivity index (χ2n) is 8.81. The van der Waals surface area contributed by atoms with Gasteiger partial charge in [-0.2, -0.15) is 0 Å². The smallest absolute Gasteiger partial charge is 0.278 e. The lowest BCUT2D eigenvalue weighted by Crippen LogP contribution is -2.37. The number of rotatable bonds is 5. The Kier molecular flexibility index (Phi) is 6.02. The minimum Gasteiger partial charge on any atom is -0.448 e. The summed E-state index contributed by atoms with van der Waals surface area (Å²) in [7, 11) is 0. The van der Waals surface area contributed by atoms with E-state index in [0.29, 0.717) is 29.0 Å². The van der Waals surface area contributed by atoms with Crippen molar-refractivity contribution in [3.8, 4) is 11.3 Å². The maximum atomic E-state index is 13.5. The number of carbonyl (C=O) groups is 1. The Bertz CT molecular complexity index is 1330. The molecule has 0 radical (unpaired) electrons.